The van der Waals surface area contributed by atoms with E-state index in [1.54, 1.807) is 48.5 Å². The highest BCUT2D eigenvalue weighted by molar-refractivity contribution is 7.92. The topological polar surface area (TPSA) is 88.1 Å². The van der Waals surface area contributed by atoms with Gasteiger partial charge in [0.25, 0.3) is 10.0 Å². The molecule has 0 saturated carbocycles. The SMILES string of the molecule is C[C@@H]1[C@H](CN(C)Cc2ccccc2)O[C@H](c2cccc(NS(=O)(=O)c3ccccc3)c2)O[C@@H]1c1ccc(CO)cc1. The van der Waals surface area contributed by atoms with Gasteiger partial charge in [-0.3, -0.25) is 9.62 Å². The highest BCUT2D eigenvalue weighted by Gasteiger charge is 2.39. The number of ether oxygens (including phenoxy) is 2. The van der Waals surface area contributed by atoms with Gasteiger partial charge in [0.15, 0.2) is 6.29 Å². The van der Waals surface area contributed by atoms with Crippen LogP contribution in [0.15, 0.2) is 114 Å². The van der Waals surface area contributed by atoms with Crippen molar-refractivity contribution in [2.45, 2.75) is 43.5 Å². The summed E-state index contributed by atoms with van der Waals surface area (Å²) in [6.45, 7) is 3.57. The number of benzene rings is 4. The largest absolute Gasteiger partial charge is 0.392 e. The molecule has 0 aliphatic carbocycles. The van der Waals surface area contributed by atoms with Gasteiger partial charge in [-0.1, -0.05) is 91.9 Å². The first kappa shape index (κ1) is 29.0. The summed E-state index contributed by atoms with van der Waals surface area (Å²) in [5.41, 5.74) is 4.21. The van der Waals surface area contributed by atoms with Crippen molar-refractivity contribution in [2.75, 3.05) is 18.3 Å². The lowest BCUT2D eigenvalue weighted by molar-refractivity contribution is -0.276. The third-order valence-corrected chi connectivity index (χ3v) is 8.77. The Morgan fingerprint density at radius 2 is 1.49 bits per heavy atom. The molecule has 0 radical (unpaired) electrons. The zero-order valence-corrected chi connectivity index (χ0v) is 24.1. The second-order valence-electron chi connectivity index (χ2n) is 10.5. The van der Waals surface area contributed by atoms with Gasteiger partial charge in [0.1, 0.15) is 0 Å². The maximum atomic E-state index is 12.9. The minimum atomic E-state index is -3.75. The first-order chi connectivity index (χ1) is 19.8. The molecule has 1 heterocycles. The minimum Gasteiger partial charge on any atom is -0.392 e. The van der Waals surface area contributed by atoms with E-state index in [0.717, 1.165) is 23.2 Å². The lowest BCUT2D eigenvalue weighted by Crippen LogP contribution is -2.43. The van der Waals surface area contributed by atoms with Crippen LogP contribution in [0.5, 0.6) is 0 Å². The number of sulfonamides is 1. The lowest BCUT2D eigenvalue weighted by atomic mass is 9.90. The molecule has 214 valence electrons. The third kappa shape index (κ3) is 7.22. The third-order valence-electron chi connectivity index (χ3n) is 7.37. The molecule has 0 spiro atoms. The summed E-state index contributed by atoms with van der Waals surface area (Å²) in [7, 11) is -1.66. The Bertz CT molecular complexity index is 1510. The molecule has 2 N–H and O–H groups in total. The second kappa shape index (κ2) is 13.0. The molecule has 8 heteroatoms. The average Bonchev–Trinajstić information content (AvgIpc) is 2.99. The molecule has 1 saturated heterocycles. The molecule has 41 heavy (non-hydrogen) atoms. The van der Waals surface area contributed by atoms with Gasteiger partial charge in [-0.25, -0.2) is 8.42 Å². The van der Waals surface area contributed by atoms with Gasteiger partial charge in [-0.05, 0) is 48.0 Å². The zero-order chi connectivity index (χ0) is 28.8. The van der Waals surface area contributed by atoms with Crippen LogP contribution in [0, 0.1) is 5.92 Å². The van der Waals surface area contributed by atoms with Crippen LogP contribution in [0.1, 0.15) is 41.6 Å². The number of likely N-dealkylation sites (N-methyl/N-ethyl adjacent to an activating group) is 1. The molecule has 5 rings (SSSR count). The molecule has 4 atom stereocenters. The standard InChI is InChI=1S/C33H36N2O5S/c1-24-31(22-35(2)21-25-10-5-3-6-11-25)39-33(40-32(24)27-18-16-26(23-36)17-19-27)28-12-9-13-29(20-28)34-41(37,38)30-14-7-4-8-15-30/h3-20,24,31-34,36H,21-23H2,1-2H3/t24-,31+,32+,33+/m1/s1. The molecule has 1 aliphatic rings. The molecule has 4 aromatic carbocycles. The monoisotopic (exact) mass is 572 g/mol. The number of nitrogens with one attached hydrogen (secondary N) is 1. The van der Waals surface area contributed by atoms with E-state index >= 15 is 0 Å². The van der Waals surface area contributed by atoms with Crippen molar-refractivity contribution in [3.63, 3.8) is 0 Å². The predicted molar refractivity (Wildman–Crippen MR) is 159 cm³/mol. The maximum absolute atomic E-state index is 12.9. The van der Waals surface area contributed by atoms with Gasteiger partial charge in [0.05, 0.1) is 23.7 Å². The van der Waals surface area contributed by atoms with Crippen molar-refractivity contribution in [2.24, 2.45) is 5.92 Å². The first-order valence-corrected chi connectivity index (χ1v) is 15.2. The van der Waals surface area contributed by atoms with Crippen molar-refractivity contribution < 1.29 is 23.0 Å². The van der Waals surface area contributed by atoms with Crippen molar-refractivity contribution in [3.8, 4) is 0 Å². The molecule has 0 bridgehead atoms. The fraction of sp³-hybridized carbons (Fsp3) is 0.273. The number of hydrogen-bond donors (Lipinski definition) is 2. The molecule has 0 unspecified atom stereocenters. The minimum absolute atomic E-state index is 0.0221. The van der Waals surface area contributed by atoms with Crippen LogP contribution in [0.25, 0.3) is 0 Å². The number of aliphatic hydroxyl groups excluding tert-OH is 1. The van der Waals surface area contributed by atoms with Crippen LogP contribution in [-0.2, 0) is 32.6 Å². The predicted octanol–water partition coefficient (Wildman–Crippen LogP) is 5.90. The number of aliphatic hydroxyl groups is 1. The van der Waals surface area contributed by atoms with Crippen molar-refractivity contribution >= 4 is 15.7 Å². The molecule has 0 amide bonds. The fourth-order valence-corrected chi connectivity index (χ4v) is 6.23. The van der Waals surface area contributed by atoms with Gasteiger partial charge >= 0.3 is 0 Å². The molecule has 7 nitrogen and oxygen atoms in total. The highest BCUT2D eigenvalue weighted by atomic mass is 32.2. The molecule has 0 aromatic heterocycles. The summed E-state index contributed by atoms with van der Waals surface area (Å²) in [5.74, 6) is 0.0317. The summed E-state index contributed by atoms with van der Waals surface area (Å²) < 4.78 is 41.7. The van der Waals surface area contributed by atoms with E-state index in [1.807, 2.05) is 48.5 Å². The number of anilines is 1. The Morgan fingerprint density at radius 1 is 0.805 bits per heavy atom. The van der Waals surface area contributed by atoms with Crippen molar-refractivity contribution in [1.29, 1.82) is 0 Å². The van der Waals surface area contributed by atoms with Gasteiger partial charge in [0.2, 0.25) is 0 Å². The van der Waals surface area contributed by atoms with E-state index in [2.05, 4.69) is 35.7 Å². The van der Waals surface area contributed by atoms with Crippen molar-refractivity contribution in [3.05, 3.63) is 131 Å². The summed E-state index contributed by atoms with van der Waals surface area (Å²) in [6, 6.07) is 33.6. The van der Waals surface area contributed by atoms with E-state index in [0.29, 0.717) is 12.2 Å². The van der Waals surface area contributed by atoms with Gasteiger partial charge in [-0.2, -0.15) is 0 Å². The Kier molecular flexibility index (Phi) is 9.17. The average molecular weight is 573 g/mol. The maximum Gasteiger partial charge on any atom is 0.261 e. The summed E-state index contributed by atoms with van der Waals surface area (Å²) in [4.78, 5) is 2.44. The zero-order valence-electron chi connectivity index (χ0n) is 23.3. The summed E-state index contributed by atoms with van der Waals surface area (Å²) in [6.07, 6.45) is -1.12. The number of rotatable bonds is 10. The van der Waals surface area contributed by atoms with E-state index < -0.39 is 16.3 Å². The van der Waals surface area contributed by atoms with Gasteiger partial charge < -0.3 is 14.6 Å². The second-order valence-corrected chi connectivity index (χ2v) is 12.2. The van der Waals surface area contributed by atoms with Gasteiger partial charge in [-0.15, -0.1) is 0 Å². The molecule has 1 aliphatic heterocycles. The first-order valence-electron chi connectivity index (χ1n) is 13.7. The fourth-order valence-electron chi connectivity index (χ4n) is 5.16. The van der Waals surface area contributed by atoms with Crippen molar-refractivity contribution in [1.82, 2.24) is 4.90 Å². The molecule has 4 aromatic rings. The lowest BCUT2D eigenvalue weighted by Gasteiger charge is -2.42. The Hall–Kier alpha value is -3.53. The highest BCUT2D eigenvalue weighted by Crippen LogP contribution is 2.42. The smallest absolute Gasteiger partial charge is 0.261 e. The van der Waals surface area contributed by atoms with Crippen LogP contribution < -0.4 is 4.72 Å². The van der Waals surface area contributed by atoms with Crippen LogP contribution in [-0.4, -0.2) is 38.1 Å². The molecule has 1 fully saturated rings. The van der Waals surface area contributed by atoms with E-state index in [-0.39, 0.29) is 29.6 Å². The van der Waals surface area contributed by atoms with E-state index in [9.17, 15) is 13.5 Å². The Balaban J connectivity index is 1.40. The van der Waals surface area contributed by atoms with Crippen LogP contribution in [0.2, 0.25) is 0 Å². The number of nitrogens with zero attached hydrogens (tertiary/aromatic N) is 1. The Morgan fingerprint density at radius 3 is 2.17 bits per heavy atom. The normalized spacial score (nSPS) is 21.1. The Labute approximate surface area is 242 Å². The quantitative estimate of drug-likeness (QED) is 0.246. The van der Waals surface area contributed by atoms with E-state index in [4.69, 9.17) is 9.47 Å². The number of hydrogen-bond acceptors (Lipinski definition) is 6. The van der Waals surface area contributed by atoms with Crippen LogP contribution in [0.4, 0.5) is 5.69 Å². The molecular weight excluding hydrogens is 536 g/mol. The summed E-state index contributed by atoms with van der Waals surface area (Å²) >= 11 is 0. The summed E-state index contributed by atoms with van der Waals surface area (Å²) in [5, 5.41) is 9.52. The van der Waals surface area contributed by atoms with Gasteiger partial charge in [0, 0.05) is 30.3 Å². The van der Waals surface area contributed by atoms with Crippen LogP contribution >= 0.6 is 0 Å². The van der Waals surface area contributed by atoms with Crippen LogP contribution in [0.3, 0.4) is 0 Å². The van der Waals surface area contributed by atoms with E-state index in [1.165, 1.54) is 5.56 Å². The molecular formula is C33H36N2O5S.